The molecule has 1 heterocycles. The van der Waals surface area contributed by atoms with Crippen molar-refractivity contribution in [3.05, 3.63) is 137 Å². The average molecular weight is 681 g/mol. The molecule has 0 N–H and O–H groups in total. The van der Waals surface area contributed by atoms with Crippen LogP contribution in [-0.2, 0) is 31.1 Å². The van der Waals surface area contributed by atoms with Crippen LogP contribution in [0, 0.1) is 0 Å². The van der Waals surface area contributed by atoms with Crippen molar-refractivity contribution in [3.8, 4) is 56.2 Å². The largest absolute Gasteiger partial charge is 0.228 e. The Kier molecular flexibility index (Phi) is 7.77. The molecule has 0 unspecified atom stereocenters. The number of aryl methyl sites for hydroxylation is 2. The summed E-state index contributed by atoms with van der Waals surface area (Å²) in [6, 6.07) is 39.2. The smallest absolute Gasteiger partial charge is 0.160 e. The van der Waals surface area contributed by atoms with Gasteiger partial charge in [-0.3, -0.25) is 0 Å². The second-order valence-corrected chi connectivity index (χ2v) is 21.8. The summed E-state index contributed by atoms with van der Waals surface area (Å²) in [4.78, 5) is 10.8. The first-order valence-corrected chi connectivity index (χ1v) is 22.7. The van der Waals surface area contributed by atoms with E-state index in [-0.39, 0.29) is 5.41 Å². The van der Waals surface area contributed by atoms with Gasteiger partial charge in [0.25, 0.3) is 0 Å². The molecular weight excluding hydrogens is 633 g/mol. The molecule has 0 amide bonds. The summed E-state index contributed by atoms with van der Waals surface area (Å²) in [5, 5.41) is 1.53. The normalized spacial score (nSPS) is 15.9. The maximum atomic E-state index is 5.41. The van der Waals surface area contributed by atoms with E-state index >= 15 is 0 Å². The molecule has 9 rings (SSSR count). The van der Waals surface area contributed by atoms with Gasteiger partial charge in [0.15, 0.2) is 5.82 Å². The molecule has 1 aromatic heterocycles. The van der Waals surface area contributed by atoms with Gasteiger partial charge in [-0.1, -0.05) is 130 Å². The zero-order chi connectivity index (χ0) is 34.9. The minimum Gasteiger partial charge on any atom is -0.228 e. The Bertz CT molecular complexity index is 2260. The monoisotopic (exact) mass is 680 g/mol. The first-order chi connectivity index (χ1) is 24.7. The predicted octanol–water partition coefficient (Wildman–Crippen LogP) is 11.8. The van der Waals surface area contributed by atoms with Crippen LogP contribution < -0.4 is 5.19 Å². The fraction of sp³-hybridized carbons (Fsp3) is 0.292. The highest BCUT2D eigenvalue weighted by Crippen LogP contribution is 2.52. The van der Waals surface area contributed by atoms with Crippen molar-refractivity contribution in [1.82, 2.24) is 9.97 Å². The third kappa shape index (κ3) is 5.52. The molecule has 3 aliphatic rings. The Labute approximate surface area is 305 Å². The van der Waals surface area contributed by atoms with Gasteiger partial charge in [0.05, 0.1) is 19.5 Å². The van der Waals surface area contributed by atoms with E-state index in [1.807, 2.05) is 0 Å². The summed E-state index contributed by atoms with van der Waals surface area (Å²) in [5.41, 5.74) is 19.6. The number of nitrogens with zero attached hydrogens (tertiary/aromatic N) is 2. The van der Waals surface area contributed by atoms with Gasteiger partial charge in [0.1, 0.15) is 0 Å². The summed E-state index contributed by atoms with van der Waals surface area (Å²) in [5.74, 6) is 0.856. The Morgan fingerprint density at radius 1 is 0.510 bits per heavy atom. The highest BCUT2D eigenvalue weighted by Gasteiger charge is 2.38. The van der Waals surface area contributed by atoms with Gasteiger partial charge in [0, 0.05) is 22.1 Å². The van der Waals surface area contributed by atoms with Gasteiger partial charge in [-0.15, -0.1) is 0 Å². The standard InChI is InChI=1S/C48H48N2Si/c1-48(2)42-25-13-22-38(46(42)41-27-26-35(29-43(41)48)51(3,4)5)33-18-10-19-34(28-33)44-30-45(39-23-11-16-31-14-6-8-20-36(31)39)50-47(49-44)40-24-12-17-32-15-7-9-21-37(32)40/h10-13,16-19,22-30H,6-9,14-15,20-21H2,1-5H3. The lowest BCUT2D eigenvalue weighted by molar-refractivity contribution is 0.661. The van der Waals surface area contributed by atoms with Crippen LogP contribution in [0.4, 0.5) is 0 Å². The average Bonchev–Trinajstić information content (AvgIpc) is 3.39. The number of benzene rings is 5. The fourth-order valence-electron chi connectivity index (χ4n) is 9.21. The summed E-state index contributed by atoms with van der Waals surface area (Å²) in [6.07, 6.45) is 9.51. The van der Waals surface area contributed by atoms with Crippen LogP contribution >= 0.6 is 0 Å². The van der Waals surface area contributed by atoms with Crippen molar-refractivity contribution in [1.29, 1.82) is 0 Å². The third-order valence-electron chi connectivity index (χ3n) is 12.1. The van der Waals surface area contributed by atoms with Crippen molar-refractivity contribution in [3.63, 3.8) is 0 Å². The Morgan fingerprint density at radius 2 is 1.12 bits per heavy atom. The maximum absolute atomic E-state index is 5.41. The fourth-order valence-corrected chi connectivity index (χ4v) is 10.4. The molecule has 254 valence electrons. The second kappa shape index (κ2) is 12.3. The van der Waals surface area contributed by atoms with Crippen LogP contribution in [0.1, 0.15) is 72.9 Å². The zero-order valence-electron chi connectivity index (χ0n) is 30.9. The van der Waals surface area contributed by atoms with Crippen molar-refractivity contribution >= 4 is 13.3 Å². The zero-order valence-corrected chi connectivity index (χ0v) is 31.9. The number of aromatic nitrogens is 2. The summed E-state index contributed by atoms with van der Waals surface area (Å²) in [6.45, 7) is 12.2. The molecule has 0 aliphatic heterocycles. The van der Waals surface area contributed by atoms with E-state index in [4.69, 9.17) is 9.97 Å². The second-order valence-electron chi connectivity index (χ2n) is 16.7. The molecule has 0 fully saturated rings. The van der Waals surface area contributed by atoms with Crippen molar-refractivity contribution in [2.45, 2.75) is 90.3 Å². The quantitative estimate of drug-likeness (QED) is 0.169. The van der Waals surface area contributed by atoms with E-state index in [0.29, 0.717) is 0 Å². The molecule has 0 saturated carbocycles. The van der Waals surface area contributed by atoms with E-state index in [1.165, 1.54) is 97.6 Å². The molecule has 0 bridgehead atoms. The minimum absolute atomic E-state index is 0.0476. The number of fused-ring (bicyclic) bond motifs is 5. The molecule has 3 aliphatic carbocycles. The topological polar surface area (TPSA) is 25.8 Å². The molecule has 0 atom stereocenters. The highest BCUT2D eigenvalue weighted by molar-refractivity contribution is 6.88. The molecule has 5 aromatic carbocycles. The van der Waals surface area contributed by atoms with Gasteiger partial charge in [-0.25, -0.2) is 9.97 Å². The maximum Gasteiger partial charge on any atom is 0.160 e. The van der Waals surface area contributed by atoms with Gasteiger partial charge in [0.2, 0.25) is 0 Å². The molecule has 0 saturated heterocycles. The SMILES string of the molecule is CC1(C)c2cc([Si](C)(C)C)ccc2-c2c(-c3cccc(-c4cc(-c5cccc6c5CCCC6)nc(-c5cccc6c5CCCC6)n4)c3)cccc21. The van der Waals surface area contributed by atoms with E-state index in [0.717, 1.165) is 48.5 Å². The van der Waals surface area contributed by atoms with Crippen LogP contribution in [0.5, 0.6) is 0 Å². The molecule has 2 nitrogen and oxygen atoms in total. The Morgan fingerprint density at radius 3 is 1.86 bits per heavy atom. The molecular formula is C48H48N2Si. The number of rotatable bonds is 5. The van der Waals surface area contributed by atoms with Gasteiger partial charge in [-0.2, -0.15) is 0 Å². The first-order valence-electron chi connectivity index (χ1n) is 19.2. The molecule has 0 spiro atoms. The molecule has 3 heteroatoms. The number of hydrogen-bond donors (Lipinski definition) is 0. The molecule has 0 radical (unpaired) electrons. The van der Waals surface area contributed by atoms with E-state index in [2.05, 4.69) is 137 Å². The lowest BCUT2D eigenvalue weighted by atomic mass is 9.82. The molecule has 6 aromatic rings. The van der Waals surface area contributed by atoms with Gasteiger partial charge in [-0.05, 0) is 119 Å². The van der Waals surface area contributed by atoms with Crippen LogP contribution in [-0.4, -0.2) is 18.0 Å². The van der Waals surface area contributed by atoms with Crippen LogP contribution in [0.15, 0.2) is 103 Å². The van der Waals surface area contributed by atoms with Crippen LogP contribution in [0.25, 0.3) is 56.2 Å². The lowest BCUT2D eigenvalue weighted by Crippen LogP contribution is -2.38. The third-order valence-corrected chi connectivity index (χ3v) is 14.1. The van der Waals surface area contributed by atoms with Crippen LogP contribution in [0.2, 0.25) is 19.6 Å². The van der Waals surface area contributed by atoms with E-state index in [9.17, 15) is 0 Å². The summed E-state index contributed by atoms with van der Waals surface area (Å²) in [7, 11) is -1.45. The Balaban J connectivity index is 1.21. The number of hydrogen-bond acceptors (Lipinski definition) is 2. The Hall–Kier alpha value is -4.60. The summed E-state index contributed by atoms with van der Waals surface area (Å²) >= 11 is 0. The highest BCUT2D eigenvalue weighted by atomic mass is 28.3. The van der Waals surface area contributed by atoms with Crippen molar-refractivity contribution < 1.29 is 0 Å². The van der Waals surface area contributed by atoms with Gasteiger partial charge < -0.3 is 0 Å². The first kappa shape index (κ1) is 32.3. The lowest BCUT2D eigenvalue weighted by Gasteiger charge is -2.24. The van der Waals surface area contributed by atoms with E-state index in [1.54, 1.807) is 0 Å². The van der Waals surface area contributed by atoms with E-state index < -0.39 is 8.07 Å². The van der Waals surface area contributed by atoms with Crippen LogP contribution in [0.3, 0.4) is 0 Å². The van der Waals surface area contributed by atoms with Crippen molar-refractivity contribution in [2.75, 3.05) is 0 Å². The van der Waals surface area contributed by atoms with Gasteiger partial charge >= 0.3 is 0 Å². The van der Waals surface area contributed by atoms with Crippen molar-refractivity contribution in [2.24, 2.45) is 0 Å². The summed E-state index contributed by atoms with van der Waals surface area (Å²) < 4.78 is 0. The minimum atomic E-state index is -1.45. The predicted molar refractivity (Wildman–Crippen MR) is 218 cm³/mol. The molecule has 51 heavy (non-hydrogen) atoms.